The average molecular weight is 395 g/mol. The minimum absolute atomic E-state index is 0.0212. The number of aliphatic carboxylic acids is 1. The molecule has 0 saturated carbocycles. The minimum Gasteiger partial charge on any atom is -0.489 e. The van der Waals surface area contributed by atoms with Gasteiger partial charge in [-0.15, -0.1) is 5.92 Å². The second-order valence-corrected chi connectivity index (χ2v) is 6.79. The van der Waals surface area contributed by atoms with Gasteiger partial charge in [0.15, 0.2) is 0 Å². The minimum atomic E-state index is -0.868. The predicted molar refractivity (Wildman–Crippen MR) is 116 cm³/mol. The number of carbonyl (C=O) groups is 1. The van der Waals surface area contributed by atoms with Crippen molar-refractivity contribution < 1.29 is 14.6 Å². The Morgan fingerprint density at radius 3 is 2.10 bits per heavy atom. The maximum absolute atomic E-state index is 11.0. The second kappa shape index (κ2) is 9.96. The smallest absolute Gasteiger partial charge is 0.304 e. The Morgan fingerprint density at radius 1 is 0.967 bits per heavy atom. The van der Waals surface area contributed by atoms with Crippen LogP contribution in [0.3, 0.4) is 0 Å². The van der Waals surface area contributed by atoms with Crippen molar-refractivity contribution >= 4 is 5.97 Å². The third-order valence-electron chi connectivity index (χ3n) is 4.69. The van der Waals surface area contributed by atoms with Crippen molar-refractivity contribution in [1.82, 2.24) is 0 Å². The van der Waals surface area contributed by atoms with Gasteiger partial charge in [-0.25, -0.2) is 0 Å². The maximum atomic E-state index is 11.0. The largest absolute Gasteiger partial charge is 0.489 e. The summed E-state index contributed by atoms with van der Waals surface area (Å²) in [6, 6.07) is 25.1. The molecule has 3 aromatic rings. The SMILES string of the molecule is CC#CC(CC(=O)O)c1ccc(OCc2ccc(-c3ccc(C#N)cc3)cc2)cc1. The van der Waals surface area contributed by atoms with Crippen LogP contribution in [0.2, 0.25) is 0 Å². The molecule has 3 aromatic carbocycles. The molecular weight excluding hydrogens is 374 g/mol. The quantitative estimate of drug-likeness (QED) is 0.545. The van der Waals surface area contributed by atoms with Crippen LogP contribution in [-0.4, -0.2) is 11.1 Å². The topological polar surface area (TPSA) is 70.3 Å². The molecule has 30 heavy (non-hydrogen) atoms. The average Bonchev–Trinajstić information content (AvgIpc) is 2.78. The van der Waals surface area contributed by atoms with Crippen molar-refractivity contribution in [2.45, 2.75) is 25.9 Å². The van der Waals surface area contributed by atoms with Crippen molar-refractivity contribution in [3.63, 3.8) is 0 Å². The second-order valence-electron chi connectivity index (χ2n) is 6.79. The Morgan fingerprint density at radius 2 is 1.57 bits per heavy atom. The van der Waals surface area contributed by atoms with Crippen LogP contribution in [-0.2, 0) is 11.4 Å². The lowest BCUT2D eigenvalue weighted by Crippen LogP contribution is -2.04. The number of ether oxygens (including phenoxy) is 1. The molecule has 0 aliphatic heterocycles. The van der Waals surface area contributed by atoms with E-state index >= 15 is 0 Å². The van der Waals surface area contributed by atoms with Crippen LogP contribution >= 0.6 is 0 Å². The molecule has 0 saturated heterocycles. The van der Waals surface area contributed by atoms with Gasteiger partial charge >= 0.3 is 5.97 Å². The first-order valence-electron chi connectivity index (χ1n) is 9.55. The van der Waals surface area contributed by atoms with Crippen LogP contribution in [0.1, 0.15) is 36.0 Å². The monoisotopic (exact) mass is 395 g/mol. The lowest BCUT2D eigenvalue weighted by atomic mass is 9.96. The molecule has 0 amide bonds. The molecule has 0 spiro atoms. The lowest BCUT2D eigenvalue weighted by molar-refractivity contribution is -0.137. The zero-order chi connectivity index (χ0) is 21.3. The Kier molecular flexibility index (Phi) is 6.87. The summed E-state index contributed by atoms with van der Waals surface area (Å²) >= 11 is 0. The van der Waals surface area contributed by atoms with E-state index in [1.54, 1.807) is 6.92 Å². The Balaban J connectivity index is 1.61. The molecular formula is C26H21NO3. The van der Waals surface area contributed by atoms with Gasteiger partial charge in [0.1, 0.15) is 12.4 Å². The number of benzene rings is 3. The first kappa shape index (κ1) is 20.7. The first-order chi connectivity index (χ1) is 14.6. The summed E-state index contributed by atoms with van der Waals surface area (Å²) < 4.78 is 5.86. The van der Waals surface area contributed by atoms with Crippen molar-refractivity contribution in [3.8, 4) is 34.8 Å². The number of carboxylic acids is 1. The van der Waals surface area contributed by atoms with Gasteiger partial charge in [0, 0.05) is 0 Å². The summed E-state index contributed by atoms with van der Waals surface area (Å²) in [6.07, 6.45) is -0.0212. The standard InChI is InChI=1S/C26H21NO3/c1-2-3-24(16-26(28)29)23-12-14-25(15-13-23)30-18-20-6-10-22(11-7-20)21-8-4-19(17-27)5-9-21/h4-15,24H,16,18H2,1H3,(H,28,29). The summed E-state index contributed by atoms with van der Waals surface area (Å²) in [5.41, 5.74) is 4.69. The van der Waals surface area contributed by atoms with Gasteiger partial charge in [-0.05, 0) is 53.4 Å². The number of nitriles is 1. The fourth-order valence-electron chi connectivity index (χ4n) is 3.09. The van der Waals surface area contributed by atoms with Gasteiger partial charge in [-0.3, -0.25) is 4.79 Å². The van der Waals surface area contributed by atoms with E-state index in [1.165, 1.54) is 0 Å². The fourth-order valence-corrected chi connectivity index (χ4v) is 3.09. The normalized spacial score (nSPS) is 10.9. The van der Waals surface area contributed by atoms with Crippen molar-refractivity contribution in [3.05, 3.63) is 89.5 Å². The van der Waals surface area contributed by atoms with Crippen LogP contribution in [0, 0.1) is 23.2 Å². The van der Waals surface area contributed by atoms with Crippen LogP contribution in [0.4, 0.5) is 0 Å². The molecule has 148 valence electrons. The van der Waals surface area contributed by atoms with Gasteiger partial charge < -0.3 is 9.84 Å². The van der Waals surface area contributed by atoms with Gasteiger partial charge in [0.25, 0.3) is 0 Å². The molecule has 0 aromatic heterocycles. The molecule has 1 unspecified atom stereocenters. The van der Waals surface area contributed by atoms with Crippen molar-refractivity contribution in [1.29, 1.82) is 5.26 Å². The Bertz CT molecular complexity index is 1100. The third kappa shape index (κ3) is 5.50. The third-order valence-corrected chi connectivity index (χ3v) is 4.69. The summed E-state index contributed by atoms with van der Waals surface area (Å²) in [4.78, 5) is 11.0. The highest BCUT2D eigenvalue weighted by Crippen LogP contribution is 2.24. The summed E-state index contributed by atoms with van der Waals surface area (Å²) in [7, 11) is 0. The highest BCUT2D eigenvalue weighted by atomic mass is 16.5. The van der Waals surface area contributed by atoms with Crippen LogP contribution in [0.5, 0.6) is 5.75 Å². The van der Waals surface area contributed by atoms with Crippen LogP contribution < -0.4 is 4.74 Å². The molecule has 0 radical (unpaired) electrons. The van der Waals surface area contributed by atoms with E-state index < -0.39 is 5.97 Å². The van der Waals surface area contributed by atoms with E-state index in [4.69, 9.17) is 15.1 Å². The molecule has 4 nitrogen and oxygen atoms in total. The summed E-state index contributed by atoms with van der Waals surface area (Å²) in [6.45, 7) is 2.14. The van der Waals surface area contributed by atoms with E-state index in [0.717, 1.165) is 22.3 Å². The Labute approximate surface area is 176 Å². The summed E-state index contributed by atoms with van der Waals surface area (Å²) in [5, 5.41) is 17.9. The first-order valence-corrected chi connectivity index (χ1v) is 9.55. The van der Waals surface area contributed by atoms with Crippen molar-refractivity contribution in [2.24, 2.45) is 0 Å². The number of rotatable bonds is 7. The highest BCUT2D eigenvalue weighted by Gasteiger charge is 2.13. The van der Waals surface area contributed by atoms with E-state index in [9.17, 15) is 4.79 Å². The van der Waals surface area contributed by atoms with Gasteiger partial charge in [-0.1, -0.05) is 54.5 Å². The van der Waals surface area contributed by atoms with E-state index in [-0.39, 0.29) is 12.3 Å². The number of carboxylic acid groups (broad SMARTS) is 1. The molecule has 0 aliphatic carbocycles. The molecule has 3 rings (SSSR count). The number of hydrogen-bond acceptors (Lipinski definition) is 3. The van der Waals surface area contributed by atoms with E-state index in [1.807, 2.05) is 72.8 Å². The maximum Gasteiger partial charge on any atom is 0.304 e. The van der Waals surface area contributed by atoms with E-state index in [2.05, 4.69) is 17.9 Å². The molecule has 1 N–H and O–H groups in total. The molecule has 0 bridgehead atoms. The van der Waals surface area contributed by atoms with Crippen molar-refractivity contribution in [2.75, 3.05) is 0 Å². The molecule has 1 atom stereocenters. The lowest BCUT2D eigenvalue weighted by Gasteiger charge is -2.11. The molecule has 0 heterocycles. The van der Waals surface area contributed by atoms with Gasteiger partial charge in [0.05, 0.1) is 24.0 Å². The van der Waals surface area contributed by atoms with E-state index in [0.29, 0.717) is 17.9 Å². The van der Waals surface area contributed by atoms with Crippen LogP contribution in [0.15, 0.2) is 72.8 Å². The zero-order valence-corrected chi connectivity index (χ0v) is 16.6. The number of hydrogen-bond donors (Lipinski definition) is 1. The van der Waals surface area contributed by atoms with Gasteiger partial charge in [0.2, 0.25) is 0 Å². The highest BCUT2D eigenvalue weighted by molar-refractivity contribution is 5.69. The molecule has 0 fully saturated rings. The zero-order valence-electron chi connectivity index (χ0n) is 16.6. The summed E-state index contributed by atoms with van der Waals surface area (Å²) in [5.74, 6) is 5.27. The molecule has 0 aliphatic rings. The Hall–Kier alpha value is -4.02. The molecule has 4 heteroatoms. The van der Waals surface area contributed by atoms with Gasteiger partial charge in [-0.2, -0.15) is 5.26 Å². The van der Waals surface area contributed by atoms with Crippen LogP contribution in [0.25, 0.3) is 11.1 Å². The number of nitrogens with zero attached hydrogens (tertiary/aromatic N) is 1. The predicted octanol–water partition coefficient (Wildman–Crippen LogP) is 5.39. The fraction of sp³-hybridized carbons (Fsp3) is 0.154.